The van der Waals surface area contributed by atoms with Gasteiger partial charge >= 0.3 is 0 Å². The molecule has 146 valence electrons. The van der Waals surface area contributed by atoms with Crippen molar-refractivity contribution in [2.45, 2.75) is 30.7 Å². The summed E-state index contributed by atoms with van der Waals surface area (Å²) in [5.74, 6) is -0.990. The Bertz CT molecular complexity index is 847. The molecule has 2 aliphatic rings. The van der Waals surface area contributed by atoms with E-state index >= 15 is 0 Å². The van der Waals surface area contributed by atoms with Crippen molar-refractivity contribution in [3.63, 3.8) is 0 Å². The van der Waals surface area contributed by atoms with Gasteiger partial charge in [-0.05, 0) is 18.9 Å². The predicted molar refractivity (Wildman–Crippen MR) is 94.9 cm³/mol. The van der Waals surface area contributed by atoms with Crippen molar-refractivity contribution in [1.82, 2.24) is 8.61 Å². The van der Waals surface area contributed by atoms with Crippen LogP contribution in [0.4, 0.5) is 4.39 Å². The van der Waals surface area contributed by atoms with Crippen molar-refractivity contribution in [3.8, 4) is 0 Å². The lowest BCUT2D eigenvalue weighted by Crippen LogP contribution is -2.64. The lowest BCUT2D eigenvalue weighted by Gasteiger charge is -2.46. The van der Waals surface area contributed by atoms with Gasteiger partial charge in [-0.1, -0.05) is 18.2 Å². The summed E-state index contributed by atoms with van der Waals surface area (Å²) >= 11 is 0. The Morgan fingerprint density at radius 2 is 1.73 bits per heavy atom. The second-order valence-corrected chi connectivity index (χ2v) is 10.6. The lowest BCUT2D eigenvalue weighted by molar-refractivity contribution is 0.0316. The zero-order valence-electron chi connectivity index (χ0n) is 14.5. The van der Waals surface area contributed by atoms with E-state index in [1.165, 1.54) is 26.8 Å². The van der Waals surface area contributed by atoms with Crippen LogP contribution in [-0.4, -0.2) is 70.1 Å². The molecule has 7 nitrogen and oxygen atoms in total. The second kappa shape index (κ2) is 7.51. The fourth-order valence-electron chi connectivity index (χ4n) is 3.49. The van der Waals surface area contributed by atoms with E-state index in [4.69, 9.17) is 4.74 Å². The van der Waals surface area contributed by atoms with Gasteiger partial charge in [0.1, 0.15) is 5.82 Å². The molecule has 0 amide bonds. The highest BCUT2D eigenvalue weighted by atomic mass is 32.2. The molecular formula is C16H23FN2O5S2. The molecule has 2 saturated heterocycles. The van der Waals surface area contributed by atoms with Crippen LogP contribution in [-0.2, 0) is 30.5 Å². The minimum atomic E-state index is -3.69. The Morgan fingerprint density at radius 1 is 1.12 bits per heavy atom. The molecule has 1 aromatic rings. The molecule has 0 unspecified atom stereocenters. The first kappa shape index (κ1) is 19.7. The van der Waals surface area contributed by atoms with Crippen LogP contribution in [0.5, 0.6) is 0 Å². The number of benzene rings is 1. The lowest BCUT2D eigenvalue weighted by atomic mass is 10.1. The van der Waals surface area contributed by atoms with E-state index in [0.29, 0.717) is 26.1 Å². The van der Waals surface area contributed by atoms with Gasteiger partial charge < -0.3 is 4.74 Å². The average Bonchev–Trinajstić information content (AvgIpc) is 2.52. The highest BCUT2D eigenvalue weighted by Gasteiger charge is 2.44. The third-order valence-electron chi connectivity index (χ3n) is 4.81. The monoisotopic (exact) mass is 406 g/mol. The standard InChI is InChI=1S/C16H23FN2O5S2/c1-25(20,21)19(14-6-8-24-9-7-14)15-10-18(11-15)26(22,23)12-13-4-2-3-5-16(13)17/h2-5,14-15H,6-12H2,1H3. The van der Waals surface area contributed by atoms with Crippen LogP contribution in [0.3, 0.4) is 0 Å². The maximum absolute atomic E-state index is 13.7. The van der Waals surface area contributed by atoms with E-state index < -0.39 is 31.6 Å². The van der Waals surface area contributed by atoms with Gasteiger partial charge in [-0.3, -0.25) is 0 Å². The second-order valence-electron chi connectivity index (χ2n) is 6.75. The Hall–Kier alpha value is -1.07. The highest BCUT2D eigenvalue weighted by Crippen LogP contribution is 2.28. The van der Waals surface area contributed by atoms with E-state index in [1.54, 1.807) is 6.07 Å². The van der Waals surface area contributed by atoms with Gasteiger partial charge in [0.15, 0.2) is 0 Å². The number of sulfonamides is 2. The summed E-state index contributed by atoms with van der Waals surface area (Å²) in [6.07, 6.45) is 2.36. The Balaban J connectivity index is 1.68. The normalized spacial score (nSPS) is 21.0. The van der Waals surface area contributed by atoms with E-state index in [-0.39, 0.29) is 30.7 Å². The molecule has 0 saturated carbocycles. The summed E-state index contributed by atoms with van der Waals surface area (Å²) < 4.78 is 71.1. The van der Waals surface area contributed by atoms with E-state index in [0.717, 1.165) is 6.26 Å². The number of hydrogen-bond acceptors (Lipinski definition) is 5. The summed E-state index contributed by atoms with van der Waals surface area (Å²) in [6, 6.07) is 5.20. The van der Waals surface area contributed by atoms with Gasteiger partial charge in [0, 0.05) is 37.9 Å². The molecule has 0 aromatic heterocycles. The fraction of sp³-hybridized carbons (Fsp3) is 0.625. The molecule has 1 aromatic carbocycles. The molecule has 0 aliphatic carbocycles. The van der Waals surface area contributed by atoms with Crippen LogP contribution in [0.15, 0.2) is 24.3 Å². The summed E-state index contributed by atoms with van der Waals surface area (Å²) in [7, 11) is -7.16. The third kappa shape index (κ3) is 4.25. The minimum Gasteiger partial charge on any atom is -0.381 e. The minimum absolute atomic E-state index is 0.0984. The number of nitrogens with zero attached hydrogens (tertiary/aromatic N) is 2. The van der Waals surface area contributed by atoms with Crippen LogP contribution in [0.1, 0.15) is 18.4 Å². The van der Waals surface area contributed by atoms with Crippen LogP contribution < -0.4 is 0 Å². The average molecular weight is 407 g/mol. The van der Waals surface area contributed by atoms with Crippen molar-refractivity contribution in [2.75, 3.05) is 32.6 Å². The first-order valence-corrected chi connectivity index (χ1v) is 11.9. The summed E-state index contributed by atoms with van der Waals surface area (Å²) in [5, 5.41) is 0. The molecule has 3 rings (SSSR count). The van der Waals surface area contributed by atoms with Gasteiger partial charge in [0.05, 0.1) is 18.1 Å². The number of halogens is 1. The Kier molecular flexibility index (Phi) is 5.69. The van der Waals surface area contributed by atoms with Crippen molar-refractivity contribution >= 4 is 20.0 Å². The van der Waals surface area contributed by atoms with Crippen molar-refractivity contribution < 1.29 is 26.0 Å². The van der Waals surface area contributed by atoms with Gasteiger partial charge in [0.25, 0.3) is 0 Å². The number of rotatable bonds is 6. The Labute approximate surface area is 153 Å². The predicted octanol–water partition coefficient (Wildman–Crippen LogP) is 0.780. The van der Waals surface area contributed by atoms with Crippen molar-refractivity contribution in [2.24, 2.45) is 0 Å². The van der Waals surface area contributed by atoms with Gasteiger partial charge in [0.2, 0.25) is 20.0 Å². The molecule has 2 fully saturated rings. The molecule has 0 N–H and O–H groups in total. The quantitative estimate of drug-likeness (QED) is 0.697. The molecule has 0 spiro atoms. The van der Waals surface area contributed by atoms with Crippen LogP contribution in [0, 0.1) is 5.82 Å². The molecule has 26 heavy (non-hydrogen) atoms. The molecule has 2 aliphatic heterocycles. The zero-order chi connectivity index (χ0) is 18.9. The van der Waals surface area contributed by atoms with E-state index in [9.17, 15) is 21.2 Å². The molecule has 0 radical (unpaired) electrons. The highest BCUT2D eigenvalue weighted by molar-refractivity contribution is 7.88. The van der Waals surface area contributed by atoms with Crippen LogP contribution >= 0.6 is 0 Å². The largest absolute Gasteiger partial charge is 0.381 e. The molecule has 0 bridgehead atoms. The SMILES string of the molecule is CS(=O)(=O)N(C1CCOCC1)C1CN(S(=O)(=O)Cc2ccccc2F)C1. The molecule has 2 heterocycles. The van der Waals surface area contributed by atoms with E-state index in [2.05, 4.69) is 0 Å². The number of ether oxygens (including phenoxy) is 1. The van der Waals surface area contributed by atoms with Crippen LogP contribution in [0.25, 0.3) is 0 Å². The smallest absolute Gasteiger partial charge is 0.218 e. The summed E-state index contributed by atoms with van der Waals surface area (Å²) in [6.45, 7) is 1.19. The fourth-order valence-corrected chi connectivity index (χ4v) is 6.52. The Morgan fingerprint density at radius 3 is 2.31 bits per heavy atom. The molecular weight excluding hydrogens is 383 g/mol. The summed E-state index contributed by atoms with van der Waals surface area (Å²) in [4.78, 5) is 0. The maximum atomic E-state index is 13.7. The number of hydrogen-bond donors (Lipinski definition) is 0. The van der Waals surface area contributed by atoms with Gasteiger partial charge in [-0.15, -0.1) is 0 Å². The van der Waals surface area contributed by atoms with Crippen molar-refractivity contribution in [3.05, 3.63) is 35.6 Å². The molecule has 0 atom stereocenters. The molecule has 10 heteroatoms. The van der Waals surface area contributed by atoms with Crippen LogP contribution in [0.2, 0.25) is 0 Å². The first-order valence-electron chi connectivity index (χ1n) is 8.46. The maximum Gasteiger partial charge on any atom is 0.218 e. The van der Waals surface area contributed by atoms with E-state index in [1.807, 2.05) is 0 Å². The van der Waals surface area contributed by atoms with Crippen molar-refractivity contribution in [1.29, 1.82) is 0 Å². The topological polar surface area (TPSA) is 84.0 Å². The first-order chi connectivity index (χ1) is 12.2. The van der Waals surface area contributed by atoms with Gasteiger partial charge in [-0.25, -0.2) is 21.2 Å². The zero-order valence-corrected chi connectivity index (χ0v) is 16.2. The van der Waals surface area contributed by atoms with Gasteiger partial charge in [-0.2, -0.15) is 8.61 Å². The third-order valence-corrected chi connectivity index (χ3v) is 7.93. The summed E-state index contributed by atoms with van der Waals surface area (Å²) in [5.41, 5.74) is 0.111.